The number of carbonyl (C=O) groups excluding carboxylic acids is 1. The molecule has 102 valence electrons. The summed E-state index contributed by atoms with van der Waals surface area (Å²) >= 11 is 0. The van der Waals surface area contributed by atoms with Crippen LogP contribution in [0.3, 0.4) is 0 Å². The van der Waals surface area contributed by atoms with Crippen molar-refractivity contribution in [2.24, 2.45) is 0 Å². The average Bonchev–Trinajstić information content (AvgIpc) is 2.34. The van der Waals surface area contributed by atoms with Crippen LogP contribution in [0.4, 0.5) is 5.69 Å². The van der Waals surface area contributed by atoms with Gasteiger partial charge < -0.3 is 15.7 Å². The number of nitrogen functional groups attached to an aromatic ring is 1. The lowest BCUT2D eigenvalue weighted by Crippen LogP contribution is -2.34. The zero-order chi connectivity index (χ0) is 12.7. The molecular weight excluding hydrogens is 252 g/mol. The molecule has 0 aliphatic heterocycles. The van der Waals surface area contributed by atoms with Crippen molar-refractivity contribution in [3.63, 3.8) is 0 Å². The van der Waals surface area contributed by atoms with Crippen LogP contribution in [-0.2, 0) is 0 Å². The van der Waals surface area contributed by atoms with E-state index in [0.29, 0.717) is 24.3 Å². The number of unbranched alkanes of at least 4 members (excludes halogenated alkanes) is 1. The number of hydrogen-bond donors (Lipinski definition) is 2. The fourth-order valence-electron chi connectivity index (χ4n) is 1.59. The molecule has 1 aromatic rings. The first-order valence-corrected chi connectivity index (χ1v) is 5.94. The minimum Gasteiger partial charge on any atom is -0.399 e. The van der Waals surface area contributed by atoms with E-state index in [9.17, 15) is 4.79 Å². The molecule has 0 bridgehead atoms. The average molecular weight is 273 g/mol. The van der Waals surface area contributed by atoms with E-state index in [0.717, 1.165) is 12.8 Å². The standard InChI is InChI=1S/C13H20N2O2.ClH/c1-2-3-8-15(9-10-16)13(17)11-4-6-12(14)7-5-11;/h4-7,16H,2-3,8-10,14H2,1H3;1H. The molecule has 0 aliphatic carbocycles. The Hall–Kier alpha value is -1.26. The van der Waals surface area contributed by atoms with Crippen LogP contribution in [0, 0.1) is 0 Å². The molecule has 4 nitrogen and oxygen atoms in total. The molecule has 5 heteroatoms. The molecule has 0 radical (unpaired) electrons. The molecule has 18 heavy (non-hydrogen) atoms. The maximum atomic E-state index is 12.1. The highest BCUT2D eigenvalue weighted by Crippen LogP contribution is 2.09. The van der Waals surface area contributed by atoms with Crippen molar-refractivity contribution >= 4 is 24.0 Å². The Bertz CT molecular complexity index is 355. The number of anilines is 1. The molecule has 0 spiro atoms. The normalized spacial score (nSPS) is 9.67. The summed E-state index contributed by atoms with van der Waals surface area (Å²) in [7, 11) is 0. The summed E-state index contributed by atoms with van der Waals surface area (Å²) in [5.41, 5.74) is 6.83. The summed E-state index contributed by atoms with van der Waals surface area (Å²) in [6.45, 7) is 3.12. The summed E-state index contributed by atoms with van der Waals surface area (Å²) in [4.78, 5) is 13.8. The van der Waals surface area contributed by atoms with Gasteiger partial charge in [-0.15, -0.1) is 12.4 Å². The third-order valence-corrected chi connectivity index (χ3v) is 2.60. The van der Waals surface area contributed by atoms with Gasteiger partial charge in [-0.1, -0.05) is 13.3 Å². The first-order valence-electron chi connectivity index (χ1n) is 5.94. The summed E-state index contributed by atoms with van der Waals surface area (Å²) in [6.07, 6.45) is 1.97. The van der Waals surface area contributed by atoms with Crippen LogP contribution >= 0.6 is 12.4 Å². The van der Waals surface area contributed by atoms with Gasteiger partial charge in [0.2, 0.25) is 0 Å². The largest absolute Gasteiger partial charge is 0.399 e. The predicted molar refractivity (Wildman–Crippen MR) is 76.0 cm³/mol. The number of aliphatic hydroxyl groups excluding tert-OH is 1. The molecule has 0 saturated heterocycles. The maximum absolute atomic E-state index is 12.1. The smallest absolute Gasteiger partial charge is 0.253 e. The lowest BCUT2D eigenvalue weighted by molar-refractivity contribution is 0.0719. The second kappa shape index (κ2) is 8.78. The van der Waals surface area contributed by atoms with Gasteiger partial charge in [0, 0.05) is 24.3 Å². The fourth-order valence-corrected chi connectivity index (χ4v) is 1.59. The SMILES string of the molecule is CCCCN(CCO)C(=O)c1ccc(N)cc1.Cl. The molecule has 1 amide bonds. The Morgan fingerprint density at radius 3 is 2.39 bits per heavy atom. The third kappa shape index (κ3) is 4.94. The molecule has 1 rings (SSSR count). The van der Waals surface area contributed by atoms with Crippen LogP contribution in [0.2, 0.25) is 0 Å². The van der Waals surface area contributed by atoms with Crippen molar-refractivity contribution in [2.45, 2.75) is 19.8 Å². The molecule has 0 atom stereocenters. The lowest BCUT2D eigenvalue weighted by Gasteiger charge is -2.21. The van der Waals surface area contributed by atoms with Gasteiger partial charge in [0.1, 0.15) is 0 Å². The highest BCUT2D eigenvalue weighted by molar-refractivity contribution is 5.94. The molecule has 3 N–H and O–H groups in total. The van der Waals surface area contributed by atoms with Crippen LogP contribution in [-0.4, -0.2) is 35.6 Å². The number of aliphatic hydroxyl groups is 1. The molecule has 0 aromatic heterocycles. The number of hydrogen-bond acceptors (Lipinski definition) is 3. The van der Waals surface area contributed by atoms with E-state index in [2.05, 4.69) is 6.92 Å². The van der Waals surface area contributed by atoms with E-state index in [4.69, 9.17) is 10.8 Å². The second-order valence-corrected chi connectivity index (χ2v) is 3.99. The van der Waals surface area contributed by atoms with Crippen LogP contribution in [0.25, 0.3) is 0 Å². The van der Waals surface area contributed by atoms with Crippen LogP contribution in [0.1, 0.15) is 30.1 Å². The van der Waals surface area contributed by atoms with E-state index < -0.39 is 0 Å². The number of benzene rings is 1. The van der Waals surface area contributed by atoms with Gasteiger partial charge in [-0.2, -0.15) is 0 Å². The Labute approximate surface area is 114 Å². The molecular formula is C13H21ClN2O2. The molecule has 0 saturated carbocycles. The van der Waals surface area contributed by atoms with Crippen molar-refractivity contribution in [1.82, 2.24) is 4.90 Å². The Balaban J connectivity index is 0.00000289. The summed E-state index contributed by atoms with van der Waals surface area (Å²) in [5.74, 6) is -0.0486. The van der Waals surface area contributed by atoms with Gasteiger partial charge in [-0.25, -0.2) is 0 Å². The van der Waals surface area contributed by atoms with Gasteiger partial charge in [0.15, 0.2) is 0 Å². The van der Waals surface area contributed by atoms with E-state index >= 15 is 0 Å². The number of rotatable bonds is 6. The van der Waals surface area contributed by atoms with Gasteiger partial charge in [0.25, 0.3) is 5.91 Å². The maximum Gasteiger partial charge on any atom is 0.253 e. The molecule has 0 fully saturated rings. The van der Waals surface area contributed by atoms with Crippen molar-refractivity contribution < 1.29 is 9.90 Å². The summed E-state index contributed by atoms with van der Waals surface area (Å²) < 4.78 is 0. The molecule has 1 aromatic carbocycles. The van der Waals surface area contributed by atoms with Gasteiger partial charge in [0.05, 0.1) is 6.61 Å². The van der Waals surface area contributed by atoms with E-state index in [1.54, 1.807) is 29.2 Å². The number of carbonyl (C=O) groups is 1. The fraction of sp³-hybridized carbons (Fsp3) is 0.462. The van der Waals surface area contributed by atoms with Crippen molar-refractivity contribution in [2.75, 3.05) is 25.4 Å². The van der Waals surface area contributed by atoms with Crippen LogP contribution < -0.4 is 5.73 Å². The minimum absolute atomic E-state index is 0. The Morgan fingerprint density at radius 1 is 1.28 bits per heavy atom. The molecule has 0 unspecified atom stereocenters. The lowest BCUT2D eigenvalue weighted by atomic mass is 10.1. The molecule has 0 heterocycles. The van der Waals surface area contributed by atoms with Crippen LogP contribution in [0.15, 0.2) is 24.3 Å². The van der Waals surface area contributed by atoms with Gasteiger partial charge >= 0.3 is 0 Å². The number of amides is 1. The van der Waals surface area contributed by atoms with Crippen molar-refractivity contribution in [3.8, 4) is 0 Å². The number of nitrogens with two attached hydrogens (primary N) is 1. The Kier molecular flexibility index (Phi) is 8.16. The highest BCUT2D eigenvalue weighted by Gasteiger charge is 2.14. The van der Waals surface area contributed by atoms with E-state index in [-0.39, 0.29) is 24.9 Å². The highest BCUT2D eigenvalue weighted by atomic mass is 35.5. The number of nitrogens with zero attached hydrogens (tertiary/aromatic N) is 1. The summed E-state index contributed by atoms with van der Waals surface area (Å²) in [5, 5.41) is 8.96. The van der Waals surface area contributed by atoms with E-state index in [1.807, 2.05) is 0 Å². The third-order valence-electron chi connectivity index (χ3n) is 2.60. The van der Waals surface area contributed by atoms with Crippen molar-refractivity contribution in [3.05, 3.63) is 29.8 Å². The monoisotopic (exact) mass is 272 g/mol. The number of halogens is 1. The topological polar surface area (TPSA) is 66.6 Å². The van der Waals surface area contributed by atoms with Gasteiger partial charge in [-0.05, 0) is 30.7 Å². The predicted octanol–water partition coefficient (Wildman–Crippen LogP) is 1.93. The zero-order valence-electron chi connectivity index (χ0n) is 10.6. The quantitative estimate of drug-likeness (QED) is 0.778. The van der Waals surface area contributed by atoms with Crippen LogP contribution in [0.5, 0.6) is 0 Å². The summed E-state index contributed by atoms with van der Waals surface area (Å²) in [6, 6.07) is 6.86. The first kappa shape index (κ1) is 16.7. The second-order valence-electron chi connectivity index (χ2n) is 3.99. The van der Waals surface area contributed by atoms with E-state index in [1.165, 1.54) is 0 Å². The first-order chi connectivity index (χ1) is 8.19. The Morgan fingerprint density at radius 2 is 1.89 bits per heavy atom. The molecule has 0 aliphatic rings. The zero-order valence-corrected chi connectivity index (χ0v) is 11.4. The van der Waals surface area contributed by atoms with Gasteiger partial charge in [-0.3, -0.25) is 4.79 Å². The minimum atomic E-state index is -0.0486. The van der Waals surface area contributed by atoms with Crippen molar-refractivity contribution in [1.29, 1.82) is 0 Å².